The van der Waals surface area contributed by atoms with Crippen molar-refractivity contribution < 1.29 is 8.78 Å². The normalized spacial score (nSPS) is 11.2. The van der Waals surface area contributed by atoms with E-state index in [9.17, 15) is 8.78 Å². The number of allylic oxidation sites excluding steroid dienone is 1. The summed E-state index contributed by atoms with van der Waals surface area (Å²) < 4.78 is 28.2. The van der Waals surface area contributed by atoms with Gasteiger partial charge in [0.15, 0.2) is 5.82 Å². The van der Waals surface area contributed by atoms with Crippen molar-refractivity contribution in [3.8, 4) is 23.1 Å². The van der Waals surface area contributed by atoms with E-state index in [2.05, 4.69) is 22.7 Å². The molecule has 0 saturated heterocycles. The number of halogens is 2. The largest absolute Gasteiger partial charge is 0.270 e. The van der Waals surface area contributed by atoms with Gasteiger partial charge in [-0.05, 0) is 24.1 Å². The quantitative estimate of drug-likeness (QED) is 0.575. The summed E-state index contributed by atoms with van der Waals surface area (Å²) in [6.07, 6.45) is 2.55. The van der Waals surface area contributed by atoms with Gasteiger partial charge >= 0.3 is 0 Å². The zero-order valence-corrected chi connectivity index (χ0v) is 14.9. The van der Waals surface area contributed by atoms with Crippen LogP contribution in [0, 0.1) is 11.3 Å². The molecule has 4 nitrogen and oxygen atoms in total. The van der Waals surface area contributed by atoms with E-state index < -0.39 is 5.92 Å². The summed E-state index contributed by atoms with van der Waals surface area (Å²) >= 11 is 0. The van der Waals surface area contributed by atoms with Gasteiger partial charge in [-0.3, -0.25) is 0 Å². The molecule has 2 aromatic carbocycles. The highest BCUT2D eigenvalue weighted by Gasteiger charge is 2.23. The van der Waals surface area contributed by atoms with Crippen molar-refractivity contribution in [2.45, 2.75) is 25.7 Å². The number of hydrogen-bond donors (Lipinski definition) is 0. The van der Waals surface area contributed by atoms with Crippen molar-refractivity contribution in [2.75, 3.05) is 0 Å². The molecule has 136 valence electrons. The van der Waals surface area contributed by atoms with Gasteiger partial charge in [-0.15, -0.1) is 5.10 Å². The van der Waals surface area contributed by atoms with Crippen LogP contribution in [0.3, 0.4) is 0 Å². The van der Waals surface area contributed by atoms with Crippen molar-refractivity contribution in [1.82, 2.24) is 14.8 Å². The molecule has 0 saturated carbocycles. The molecule has 0 bridgehead atoms. The second-order valence-corrected chi connectivity index (χ2v) is 6.41. The van der Waals surface area contributed by atoms with Crippen molar-refractivity contribution in [2.24, 2.45) is 0 Å². The lowest BCUT2D eigenvalue weighted by atomic mass is 10.0. The molecule has 0 atom stereocenters. The van der Waals surface area contributed by atoms with Crippen LogP contribution in [0.5, 0.6) is 0 Å². The Hall–Kier alpha value is -3.33. The number of benzene rings is 2. The maximum absolute atomic E-state index is 13.3. The number of nitriles is 1. The van der Waals surface area contributed by atoms with Crippen molar-refractivity contribution >= 4 is 0 Å². The van der Waals surface area contributed by atoms with Gasteiger partial charge < -0.3 is 0 Å². The number of hydrogen-bond acceptors (Lipinski definition) is 3. The van der Waals surface area contributed by atoms with Gasteiger partial charge in [-0.25, -0.2) is 18.4 Å². The van der Waals surface area contributed by atoms with E-state index in [-0.39, 0.29) is 5.56 Å². The molecule has 0 aliphatic rings. The van der Waals surface area contributed by atoms with Crippen LogP contribution < -0.4 is 0 Å². The number of aromatic nitrogens is 3. The SMILES string of the molecule is C=C(CC#N)Cc1ccc(-c2ncn(-c3ccc(C(C)(F)F)cc3)n2)cc1. The van der Waals surface area contributed by atoms with E-state index in [4.69, 9.17) is 5.26 Å². The number of alkyl halides is 2. The Labute approximate surface area is 156 Å². The van der Waals surface area contributed by atoms with Crippen LogP contribution >= 0.6 is 0 Å². The highest BCUT2D eigenvalue weighted by Crippen LogP contribution is 2.27. The van der Waals surface area contributed by atoms with Gasteiger partial charge in [0.05, 0.1) is 18.2 Å². The lowest BCUT2D eigenvalue weighted by Gasteiger charge is -2.10. The van der Waals surface area contributed by atoms with E-state index in [0.717, 1.165) is 23.6 Å². The van der Waals surface area contributed by atoms with Gasteiger partial charge in [0, 0.05) is 18.1 Å². The summed E-state index contributed by atoms with van der Waals surface area (Å²) in [4.78, 5) is 4.30. The summed E-state index contributed by atoms with van der Waals surface area (Å²) in [6, 6.07) is 15.8. The fraction of sp³-hybridized carbons (Fsp3) is 0.190. The minimum Gasteiger partial charge on any atom is -0.220 e. The third-order valence-corrected chi connectivity index (χ3v) is 4.13. The van der Waals surface area contributed by atoms with Crippen LogP contribution in [0.4, 0.5) is 8.78 Å². The van der Waals surface area contributed by atoms with E-state index in [1.807, 2.05) is 24.3 Å². The lowest BCUT2D eigenvalue weighted by molar-refractivity contribution is 0.0175. The molecule has 27 heavy (non-hydrogen) atoms. The summed E-state index contributed by atoms with van der Waals surface area (Å²) in [5.74, 6) is -2.32. The predicted molar refractivity (Wildman–Crippen MR) is 99.4 cm³/mol. The van der Waals surface area contributed by atoms with Gasteiger partial charge in [0.25, 0.3) is 5.92 Å². The molecule has 0 fully saturated rings. The summed E-state index contributed by atoms with van der Waals surface area (Å²) in [5, 5.41) is 13.1. The monoisotopic (exact) mass is 364 g/mol. The van der Waals surface area contributed by atoms with Gasteiger partial charge in [0.2, 0.25) is 0 Å². The third-order valence-electron chi connectivity index (χ3n) is 4.13. The Kier molecular flexibility index (Phi) is 5.13. The highest BCUT2D eigenvalue weighted by molar-refractivity contribution is 5.55. The van der Waals surface area contributed by atoms with Crippen LogP contribution in [-0.4, -0.2) is 14.8 Å². The minimum absolute atomic E-state index is 0.0415. The Morgan fingerprint density at radius 1 is 1.15 bits per heavy atom. The average molecular weight is 364 g/mol. The molecule has 1 heterocycles. The second kappa shape index (κ2) is 7.50. The molecule has 6 heteroatoms. The van der Waals surface area contributed by atoms with Crippen LogP contribution in [0.15, 0.2) is 67.0 Å². The Bertz CT molecular complexity index is 975. The lowest BCUT2D eigenvalue weighted by Crippen LogP contribution is -2.07. The molecule has 3 aromatic rings. The zero-order valence-electron chi connectivity index (χ0n) is 14.9. The van der Waals surface area contributed by atoms with Gasteiger partial charge in [-0.2, -0.15) is 5.26 Å². The number of rotatable bonds is 6. The van der Waals surface area contributed by atoms with E-state index in [0.29, 0.717) is 24.4 Å². The molecule has 0 unspecified atom stereocenters. The molecule has 0 N–H and O–H groups in total. The van der Waals surface area contributed by atoms with Gasteiger partial charge in [0.1, 0.15) is 6.33 Å². The molecule has 0 radical (unpaired) electrons. The predicted octanol–water partition coefficient (Wildman–Crippen LogP) is 5.06. The fourth-order valence-corrected chi connectivity index (χ4v) is 2.66. The molecule has 1 aromatic heterocycles. The van der Waals surface area contributed by atoms with E-state index in [1.54, 1.807) is 23.1 Å². The third kappa shape index (κ3) is 4.45. The smallest absolute Gasteiger partial charge is 0.220 e. The maximum atomic E-state index is 13.3. The first-order valence-corrected chi connectivity index (χ1v) is 8.40. The van der Waals surface area contributed by atoms with Crippen molar-refractivity contribution in [1.29, 1.82) is 5.26 Å². The summed E-state index contributed by atoms with van der Waals surface area (Å²) in [5.41, 5.74) is 3.40. The molecule has 3 rings (SSSR count). The fourth-order valence-electron chi connectivity index (χ4n) is 2.66. The molecule has 0 amide bonds. The molecular weight excluding hydrogens is 346 g/mol. The minimum atomic E-state index is -2.87. The first kappa shape index (κ1) is 18.5. The Morgan fingerprint density at radius 2 is 1.81 bits per heavy atom. The van der Waals surface area contributed by atoms with Crippen LogP contribution in [0.2, 0.25) is 0 Å². The topological polar surface area (TPSA) is 54.5 Å². The van der Waals surface area contributed by atoms with Crippen molar-refractivity contribution in [3.63, 3.8) is 0 Å². The Morgan fingerprint density at radius 3 is 2.41 bits per heavy atom. The van der Waals surface area contributed by atoms with E-state index in [1.165, 1.54) is 12.1 Å². The second-order valence-electron chi connectivity index (χ2n) is 6.41. The first-order valence-electron chi connectivity index (χ1n) is 8.40. The molecule has 0 spiro atoms. The van der Waals surface area contributed by atoms with Gasteiger partial charge in [-0.1, -0.05) is 48.6 Å². The summed E-state index contributed by atoms with van der Waals surface area (Å²) in [7, 11) is 0. The number of nitrogens with zero attached hydrogens (tertiary/aromatic N) is 4. The average Bonchev–Trinajstić information content (AvgIpc) is 3.12. The standard InChI is InChI=1S/C21H18F2N4/c1-15(11-12-24)13-16-3-5-17(6-4-16)20-25-14-27(26-20)19-9-7-18(8-10-19)21(2,22)23/h3-10,14H,1,11,13H2,2H3. The maximum Gasteiger partial charge on any atom is 0.270 e. The van der Waals surface area contributed by atoms with Crippen molar-refractivity contribution in [3.05, 3.63) is 78.1 Å². The van der Waals surface area contributed by atoms with E-state index >= 15 is 0 Å². The highest BCUT2D eigenvalue weighted by atomic mass is 19.3. The molecular formula is C21H18F2N4. The zero-order chi connectivity index (χ0) is 19.4. The molecule has 0 aliphatic carbocycles. The molecule has 0 aliphatic heterocycles. The van der Waals surface area contributed by atoms with Crippen LogP contribution in [-0.2, 0) is 12.3 Å². The van der Waals surface area contributed by atoms with Crippen LogP contribution in [0.1, 0.15) is 24.5 Å². The van der Waals surface area contributed by atoms with Crippen LogP contribution in [0.25, 0.3) is 17.1 Å². The summed E-state index contributed by atoms with van der Waals surface area (Å²) in [6.45, 7) is 4.75. The first-order chi connectivity index (χ1) is 12.9. The Balaban J connectivity index is 1.76.